The van der Waals surface area contributed by atoms with Crippen LogP contribution < -0.4 is 21.4 Å². The molecule has 2 aromatic rings. The quantitative estimate of drug-likeness (QED) is 0.301. The van der Waals surface area contributed by atoms with E-state index in [2.05, 4.69) is 22.2 Å². The van der Waals surface area contributed by atoms with Gasteiger partial charge < -0.3 is 4.74 Å². The summed E-state index contributed by atoms with van der Waals surface area (Å²) in [4.78, 5) is 35.4. The van der Waals surface area contributed by atoms with E-state index in [1.807, 2.05) is 6.07 Å². The first kappa shape index (κ1) is 20.2. The largest absolute Gasteiger partial charge is 0.490 e. The predicted octanol–water partition coefficient (Wildman–Crippen LogP) is 0.286. The molecule has 2 rings (SSSR count). The van der Waals surface area contributed by atoms with Gasteiger partial charge in [0.15, 0.2) is 5.03 Å². The molecule has 1 aromatic carbocycles. The van der Waals surface area contributed by atoms with Gasteiger partial charge in [-0.2, -0.15) is 10.2 Å². The fourth-order valence-electron chi connectivity index (χ4n) is 1.94. The summed E-state index contributed by atoms with van der Waals surface area (Å²) in [6.07, 6.45) is 3.12. The molecule has 0 fully saturated rings. The molecule has 10 heteroatoms. The van der Waals surface area contributed by atoms with Crippen molar-refractivity contribution in [1.82, 2.24) is 19.8 Å². The Morgan fingerprint density at radius 2 is 2.19 bits per heavy atom. The fourth-order valence-corrected chi connectivity index (χ4v) is 2.72. The average molecular weight is 389 g/mol. The minimum absolute atomic E-state index is 0.0609. The Balaban J connectivity index is 1.92. The zero-order valence-electron chi connectivity index (χ0n) is 14.9. The van der Waals surface area contributed by atoms with Crippen LogP contribution in [0.4, 0.5) is 0 Å². The number of ether oxygens (including phenoxy) is 1. The lowest BCUT2D eigenvalue weighted by Gasteiger charge is -2.05. The van der Waals surface area contributed by atoms with Gasteiger partial charge in [0.25, 0.3) is 5.56 Å². The Morgan fingerprint density at radius 3 is 2.93 bits per heavy atom. The number of hydrazone groups is 1. The zero-order valence-corrected chi connectivity index (χ0v) is 15.7. The van der Waals surface area contributed by atoms with Gasteiger partial charge in [0.05, 0.1) is 12.0 Å². The van der Waals surface area contributed by atoms with Gasteiger partial charge >= 0.3 is 5.69 Å². The van der Waals surface area contributed by atoms with Crippen LogP contribution in [-0.4, -0.2) is 38.8 Å². The highest BCUT2D eigenvalue weighted by molar-refractivity contribution is 7.99. The molecule has 0 spiro atoms. The normalized spacial score (nSPS) is 10.7. The highest BCUT2D eigenvalue weighted by Gasteiger charge is 2.11. The van der Waals surface area contributed by atoms with Crippen LogP contribution in [-0.2, 0) is 18.9 Å². The first-order valence-electron chi connectivity index (χ1n) is 7.85. The molecule has 0 aliphatic rings. The summed E-state index contributed by atoms with van der Waals surface area (Å²) < 4.78 is 7.40. The third kappa shape index (κ3) is 5.68. The maximum atomic E-state index is 11.9. The van der Waals surface area contributed by atoms with Crippen LogP contribution in [0, 0.1) is 0 Å². The van der Waals surface area contributed by atoms with E-state index in [0.29, 0.717) is 12.4 Å². The molecule has 0 saturated heterocycles. The Bertz CT molecular complexity index is 980. The topological polar surface area (TPSA) is 108 Å². The third-order valence-corrected chi connectivity index (χ3v) is 4.20. The number of carbonyl (C=O) groups is 1. The maximum Gasteiger partial charge on any atom is 0.346 e. The predicted molar refractivity (Wildman–Crippen MR) is 103 cm³/mol. The molecule has 0 unspecified atom stereocenters. The van der Waals surface area contributed by atoms with Crippen LogP contribution in [0.3, 0.4) is 0 Å². The van der Waals surface area contributed by atoms with Crippen molar-refractivity contribution in [3.63, 3.8) is 0 Å². The summed E-state index contributed by atoms with van der Waals surface area (Å²) in [5, 5.41) is 7.80. The van der Waals surface area contributed by atoms with Gasteiger partial charge in [-0.3, -0.25) is 14.2 Å². The summed E-state index contributed by atoms with van der Waals surface area (Å²) in [5.74, 6) is 0.186. The molecule has 9 nitrogen and oxygen atoms in total. The third-order valence-electron chi connectivity index (χ3n) is 3.26. The second-order valence-corrected chi connectivity index (χ2v) is 6.29. The van der Waals surface area contributed by atoms with Gasteiger partial charge in [-0.25, -0.2) is 14.9 Å². The van der Waals surface area contributed by atoms with E-state index in [0.717, 1.165) is 26.6 Å². The number of hydrogen-bond donors (Lipinski definition) is 1. The van der Waals surface area contributed by atoms with E-state index in [9.17, 15) is 14.4 Å². The van der Waals surface area contributed by atoms with E-state index < -0.39 is 17.2 Å². The van der Waals surface area contributed by atoms with Crippen molar-refractivity contribution in [2.24, 2.45) is 19.2 Å². The number of benzene rings is 1. The van der Waals surface area contributed by atoms with Crippen LogP contribution in [0.2, 0.25) is 0 Å². The summed E-state index contributed by atoms with van der Waals surface area (Å²) in [6, 6.07) is 7.19. The number of thioether (sulfide) groups is 1. The number of hydrogen-bond acceptors (Lipinski definition) is 7. The Morgan fingerprint density at radius 1 is 1.41 bits per heavy atom. The molecule has 27 heavy (non-hydrogen) atoms. The molecule has 0 aliphatic heterocycles. The summed E-state index contributed by atoms with van der Waals surface area (Å²) in [7, 11) is 2.79. The van der Waals surface area contributed by atoms with Crippen molar-refractivity contribution in [2.75, 3.05) is 12.4 Å². The number of carbonyl (C=O) groups excluding carboxylic acids is 1. The van der Waals surface area contributed by atoms with Crippen molar-refractivity contribution in [3.05, 3.63) is 63.3 Å². The zero-order chi connectivity index (χ0) is 19.8. The van der Waals surface area contributed by atoms with Crippen LogP contribution in [0.25, 0.3) is 0 Å². The summed E-state index contributed by atoms with van der Waals surface area (Å²) in [5.41, 5.74) is 2.04. The van der Waals surface area contributed by atoms with Crippen molar-refractivity contribution < 1.29 is 9.53 Å². The van der Waals surface area contributed by atoms with Gasteiger partial charge in [-0.05, 0) is 17.7 Å². The summed E-state index contributed by atoms with van der Waals surface area (Å²) in [6.45, 7) is 3.98. The number of aromatic nitrogens is 3. The lowest BCUT2D eigenvalue weighted by Crippen LogP contribution is -2.39. The number of nitrogens with one attached hydrogen (secondary N) is 1. The first-order chi connectivity index (χ1) is 12.9. The molecule has 1 aromatic heterocycles. The van der Waals surface area contributed by atoms with E-state index in [-0.39, 0.29) is 10.8 Å². The molecular formula is C17H19N5O4S. The van der Waals surface area contributed by atoms with Crippen LogP contribution in [0.15, 0.2) is 56.6 Å². The smallest absolute Gasteiger partial charge is 0.346 e. The molecule has 0 bridgehead atoms. The van der Waals surface area contributed by atoms with Crippen molar-refractivity contribution in [1.29, 1.82) is 0 Å². The van der Waals surface area contributed by atoms with E-state index in [1.165, 1.54) is 20.3 Å². The van der Waals surface area contributed by atoms with Gasteiger partial charge in [-0.1, -0.05) is 36.5 Å². The number of nitrogens with zero attached hydrogens (tertiary/aromatic N) is 4. The molecule has 142 valence electrons. The van der Waals surface area contributed by atoms with E-state index >= 15 is 0 Å². The van der Waals surface area contributed by atoms with Crippen LogP contribution in [0.5, 0.6) is 5.75 Å². The molecular weight excluding hydrogens is 370 g/mol. The van der Waals surface area contributed by atoms with Gasteiger partial charge in [0, 0.05) is 14.1 Å². The maximum absolute atomic E-state index is 11.9. The second kappa shape index (κ2) is 9.53. The summed E-state index contributed by atoms with van der Waals surface area (Å²) >= 11 is 0.930. The fraction of sp³-hybridized carbons (Fsp3) is 0.235. The Hall–Kier alpha value is -3.14. The van der Waals surface area contributed by atoms with Crippen LogP contribution >= 0.6 is 11.8 Å². The second-order valence-electron chi connectivity index (χ2n) is 5.33. The highest BCUT2D eigenvalue weighted by Crippen LogP contribution is 2.12. The van der Waals surface area contributed by atoms with Crippen molar-refractivity contribution in [2.45, 2.75) is 5.03 Å². The molecule has 1 N–H and O–H groups in total. The SMILES string of the molecule is C=CCOc1cccc(/C=N\NC(=O)CSc2nn(C)c(=O)n(C)c2=O)c1. The minimum Gasteiger partial charge on any atom is -0.490 e. The first-order valence-corrected chi connectivity index (χ1v) is 8.83. The number of amides is 1. The van der Waals surface area contributed by atoms with Gasteiger partial charge in [-0.15, -0.1) is 0 Å². The standard InChI is InChI=1S/C17H19N5O4S/c1-4-8-26-13-7-5-6-12(9-13)10-18-19-14(23)11-27-15-16(24)21(2)17(25)22(3)20-15/h4-7,9-10H,1,8,11H2,2-3H3,(H,19,23)/b18-10-. The van der Waals surface area contributed by atoms with E-state index in [1.54, 1.807) is 24.3 Å². The van der Waals surface area contributed by atoms with Gasteiger partial charge in [0.2, 0.25) is 5.91 Å². The molecule has 0 aliphatic carbocycles. The molecule has 1 heterocycles. The lowest BCUT2D eigenvalue weighted by atomic mass is 10.2. The molecule has 0 atom stereocenters. The molecule has 0 radical (unpaired) electrons. The monoisotopic (exact) mass is 389 g/mol. The average Bonchev–Trinajstić information content (AvgIpc) is 2.67. The van der Waals surface area contributed by atoms with Crippen LogP contribution in [0.1, 0.15) is 5.56 Å². The Labute approximate surface area is 159 Å². The lowest BCUT2D eigenvalue weighted by molar-refractivity contribution is -0.118. The molecule has 1 amide bonds. The van der Waals surface area contributed by atoms with E-state index in [4.69, 9.17) is 4.74 Å². The van der Waals surface area contributed by atoms with Crippen molar-refractivity contribution >= 4 is 23.9 Å². The number of rotatable bonds is 8. The molecule has 0 saturated carbocycles. The van der Waals surface area contributed by atoms with Crippen molar-refractivity contribution in [3.8, 4) is 5.75 Å². The minimum atomic E-state index is -0.546. The highest BCUT2D eigenvalue weighted by atomic mass is 32.2. The number of aryl methyl sites for hydroxylation is 1. The van der Waals surface area contributed by atoms with Gasteiger partial charge in [0.1, 0.15) is 12.4 Å². The Kier molecular flexibility index (Phi) is 7.12.